The maximum absolute atomic E-state index is 12.3. The summed E-state index contributed by atoms with van der Waals surface area (Å²) in [6.07, 6.45) is -0.430. The maximum Gasteiger partial charge on any atom is 0.413 e. The molecule has 2 aromatic carbocycles. The first-order valence-corrected chi connectivity index (χ1v) is 9.04. The zero-order valence-electron chi connectivity index (χ0n) is 16.1. The van der Waals surface area contributed by atoms with Crippen molar-refractivity contribution >= 4 is 34.5 Å². The topological polar surface area (TPSA) is 83.8 Å². The minimum absolute atomic E-state index is 0.290. The summed E-state index contributed by atoms with van der Waals surface area (Å²) in [6.45, 7) is 3.92. The summed E-state index contributed by atoms with van der Waals surface area (Å²) in [4.78, 5) is 25.4. The van der Waals surface area contributed by atoms with Gasteiger partial charge in [-0.25, -0.2) is 9.59 Å². The van der Waals surface area contributed by atoms with Crippen molar-refractivity contribution in [1.82, 2.24) is 5.32 Å². The molecule has 3 amide bonds. The van der Waals surface area contributed by atoms with E-state index in [2.05, 4.69) is 10.6 Å². The molecule has 0 spiro atoms. The Morgan fingerprint density at radius 2 is 1.86 bits per heavy atom. The number of amides is 3. The first kappa shape index (κ1) is 19.3. The highest BCUT2D eigenvalue weighted by atomic mass is 16.6. The van der Waals surface area contributed by atoms with Crippen LogP contribution in [0.5, 0.6) is 0 Å². The molecule has 0 aliphatic heterocycles. The van der Waals surface area contributed by atoms with E-state index in [1.54, 1.807) is 38.2 Å². The molecule has 1 unspecified atom stereocenters. The summed E-state index contributed by atoms with van der Waals surface area (Å²) >= 11 is 0. The first-order valence-electron chi connectivity index (χ1n) is 9.04. The van der Waals surface area contributed by atoms with Gasteiger partial charge in [0.25, 0.3) is 0 Å². The van der Waals surface area contributed by atoms with Crippen molar-refractivity contribution in [2.75, 3.05) is 23.9 Å². The second-order valence-corrected chi connectivity index (χ2v) is 6.31. The Labute approximate surface area is 163 Å². The molecule has 0 aliphatic rings. The Kier molecular flexibility index (Phi) is 5.84. The van der Waals surface area contributed by atoms with Gasteiger partial charge in [-0.3, -0.25) is 4.90 Å². The van der Waals surface area contributed by atoms with Gasteiger partial charge in [0.05, 0.1) is 12.6 Å². The average molecular weight is 381 g/mol. The Bertz CT molecular complexity index is 932. The van der Waals surface area contributed by atoms with Crippen molar-refractivity contribution in [3.8, 4) is 0 Å². The van der Waals surface area contributed by atoms with Crippen LogP contribution in [0.3, 0.4) is 0 Å². The number of hydrogen-bond donors (Lipinski definition) is 2. The lowest BCUT2D eigenvalue weighted by molar-refractivity contribution is 0.161. The van der Waals surface area contributed by atoms with Crippen molar-refractivity contribution in [3.05, 3.63) is 60.4 Å². The highest BCUT2D eigenvalue weighted by Gasteiger charge is 2.15. The Balaban J connectivity index is 1.59. The van der Waals surface area contributed by atoms with Gasteiger partial charge in [-0.15, -0.1) is 0 Å². The van der Waals surface area contributed by atoms with E-state index in [-0.39, 0.29) is 12.1 Å². The molecular formula is C21H23N3O4. The number of anilines is 2. The normalized spacial score (nSPS) is 11.7. The van der Waals surface area contributed by atoms with E-state index >= 15 is 0 Å². The fourth-order valence-electron chi connectivity index (χ4n) is 2.74. The standard InChI is InChI=1S/C21H23N3O4/c1-4-27-21(26)24(3)17-11-9-16(10-12-17)23-20(25)22-14(2)19-13-15-7-5-6-8-18(15)28-19/h5-14H,4H2,1-3H3,(H2,22,23,25). The molecule has 7 heteroatoms. The second kappa shape index (κ2) is 8.47. The third-order valence-corrected chi connectivity index (χ3v) is 4.27. The zero-order valence-corrected chi connectivity index (χ0v) is 16.1. The van der Waals surface area contributed by atoms with E-state index < -0.39 is 6.09 Å². The van der Waals surface area contributed by atoms with Crippen LogP contribution in [0.2, 0.25) is 0 Å². The monoisotopic (exact) mass is 381 g/mol. The number of carbonyl (C=O) groups excluding carboxylic acids is 2. The van der Waals surface area contributed by atoms with Crippen molar-refractivity contribution in [2.45, 2.75) is 19.9 Å². The van der Waals surface area contributed by atoms with Gasteiger partial charge in [0.2, 0.25) is 0 Å². The highest BCUT2D eigenvalue weighted by Crippen LogP contribution is 2.24. The summed E-state index contributed by atoms with van der Waals surface area (Å²) in [5, 5.41) is 6.61. The molecule has 0 fully saturated rings. The molecule has 3 aromatic rings. The van der Waals surface area contributed by atoms with Crippen LogP contribution in [-0.2, 0) is 4.74 Å². The fourth-order valence-corrected chi connectivity index (χ4v) is 2.74. The largest absolute Gasteiger partial charge is 0.459 e. The van der Waals surface area contributed by atoms with Crippen LogP contribution >= 0.6 is 0 Å². The Morgan fingerprint density at radius 1 is 1.14 bits per heavy atom. The molecule has 0 radical (unpaired) electrons. The third-order valence-electron chi connectivity index (χ3n) is 4.27. The zero-order chi connectivity index (χ0) is 20.1. The number of ether oxygens (including phenoxy) is 1. The van der Waals surface area contributed by atoms with Crippen LogP contribution in [0.4, 0.5) is 21.0 Å². The van der Waals surface area contributed by atoms with Gasteiger partial charge in [0.1, 0.15) is 11.3 Å². The molecule has 2 N–H and O–H groups in total. The van der Waals surface area contributed by atoms with Gasteiger partial charge in [0.15, 0.2) is 0 Å². The predicted molar refractivity (Wildman–Crippen MR) is 109 cm³/mol. The molecule has 0 bridgehead atoms. The number of benzene rings is 2. The van der Waals surface area contributed by atoms with Crippen LogP contribution in [0.1, 0.15) is 25.6 Å². The van der Waals surface area contributed by atoms with Crippen molar-refractivity contribution in [2.24, 2.45) is 0 Å². The Morgan fingerprint density at radius 3 is 2.54 bits per heavy atom. The maximum atomic E-state index is 12.3. The van der Waals surface area contributed by atoms with Gasteiger partial charge in [-0.2, -0.15) is 0 Å². The van der Waals surface area contributed by atoms with E-state index in [0.717, 1.165) is 11.0 Å². The molecule has 0 saturated heterocycles. The molecule has 0 saturated carbocycles. The van der Waals surface area contributed by atoms with Crippen molar-refractivity contribution in [3.63, 3.8) is 0 Å². The quantitative estimate of drug-likeness (QED) is 0.658. The lowest BCUT2D eigenvalue weighted by atomic mass is 10.2. The highest BCUT2D eigenvalue weighted by molar-refractivity contribution is 5.91. The number of nitrogens with zero attached hydrogens (tertiary/aromatic N) is 1. The van der Waals surface area contributed by atoms with E-state index in [1.807, 2.05) is 37.3 Å². The molecule has 28 heavy (non-hydrogen) atoms. The number of hydrogen-bond acceptors (Lipinski definition) is 4. The van der Waals surface area contributed by atoms with Crippen LogP contribution in [0, 0.1) is 0 Å². The third kappa shape index (κ3) is 4.43. The number of para-hydroxylation sites is 1. The van der Waals surface area contributed by atoms with Gasteiger partial charge in [-0.1, -0.05) is 18.2 Å². The number of nitrogens with one attached hydrogen (secondary N) is 2. The summed E-state index contributed by atoms with van der Waals surface area (Å²) in [6, 6.07) is 15.9. The first-order chi connectivity index (χ1) is 13.5. The summed E-state index contributed by atoms with van der Waals surface area (Å²) in [7, 11) is 1.63. The molecule has 0 aliphatic carbocycles. The smallest absolute Gasteiger partial charge is 0.413 e. The number of rotatable bonds is 5. The Hall–Kier alpha value is -3.48. The van der Waals surface area contributed by atoms with E-state index in [1.165, 1.54) is 4.90 Å². The fraction of sp³-hybridized carbons (Fsp3) is 0.238. The summed E-state index contributed by atoms with van der Waals surface area (Å²) < 4.78 is 10.7. The number of fused-ring (bicyclic) bond motifs is 1. The molecule has 1 aromatic heterocycles. The van der Waals surface area contributed by atoms with Crippen molar-refractivity contribution in [1.29, 1.82) is 0 Å². The minimum atomic E-state index is -0.430. The summed E-state index contributed by atoms with van der Waals surface area (Å²) in [5.74, 6) is 0.683. The molecule has 1 atom stereocenters. The molecule has 146 valence electrons. The average Bonchev–Trinajstić information content (AvgIpc) is 3.12. The van der Waals surface area contributed by atoms with Gasteiger partial charge in [0, 0.05) is 23.8 Å². The summed E-state index contributed by atoms with van der Waals surface area (Å²) in [5.41, 5.74) is 2.06. The second-order valence-electron chi connectivity index (χ2n) is 6.31. The van der Waals surface area contributed by atoms with Crippen LogP contribution in [0.15, 0.2) is 59.0 Å². The predicted octanol–water partition coefficient (Wildman–Crippen LogP) is 4.91. The van der Waals surface area contributed by atoms with Gasteiger partial charge >= 0.3 is 12.1 Å². The van der Waals surface area contributed by atoms with Gasteiger partial charge < -0.3 is 19.8 Å². The lowest BCUT2D eigenvalue weighted by Crippen LogP contribution is -2.31. The minimum Gasteiger partial charge on any atom is -0.459 e. The van der Waals surface area contributed by atoms with Crippen LogP contribution < -0.4 is 15.5 Å². The van der Waals surface area contributed by atoms with E-state index in [4.69, 9.17) is 9.15 Å². The van der Waals surface area contributed by atoms with Gasteiger partial charge in [-0.05, 0) is 50.2 Å². The van der Waals surface area contributed by atoms with E-state index in [9.17, 15) is 9.59 Å². The van der Waals surface area contributed by atoms with E-state index in [0.29, 0.717) is 23.7 Å². The SMILES string of the molecule is CCOC(=O)N(C)c1ccc(NC(=O)NC(C)c2cc3ccccc3o2)cc1. The number of carbonyl (C=O) groups is 2. The van der Waals surface area contributed by atoms with Crippen LogP contribution in [0.25, 0.3) is 11.0 Å². The van der Waals surface area contributed by atoms with Crippen LogP contribution in [-0.4, -0.2) is 25.8 Å². The molecule has 3 rings (SSSR count). The molecule has 7 nitrogen and oxygen atoms in total. The number of urea groups is 1. The molecule has 1 heterocycles. The van der Waals surface area contributed by atoms with Crippen molar-refractivity contribution < 1.29 is 18.7 Å². The lowest BCUT2D eigenvalue weighted by Gasteiger charge is -2.17. The number of furan rings is 1. The molecular weight excluding hydrogens is 358 g/mol.